The molecule has 0 aromatic heterocycles. The molecular weight excluding hydrogens is 102 g/mol. The second kappa shape index (κ2) is 2.33. The minimum atomic E-state index is 0.333. The van der Waals surface area contributed by atoms with Crippen molar-refractivity contribution >= 4 is 5.69 Å². The second-order valence-electron chi connectivity index (χ2n) is 1.44. The van der Waals surface area contributed by atoms with Crippen molar-refractivity contribution in [3.63, 3.8) is 0 Å². The summed E-state index contributed by atoms with van der Waals surface area (Å²) in [6, 6.07) is 8.63. The average molecular weight is 110 g/mol. The molecule has 0 aliphatic heterocycles. The molecule has 0 amide bonds. The minimum Gasteiger partial charge on any atom is -0.291 e. The molecule has 0 bridgehead atoms. The fourth-order valence-corrected chi connectivity index (χ4v) is 0.495. The Bertz CT molecular complexity index is 176. The normalized spacial score (nSPS) is 10.4. The van der Waals surface area contributed by atoms with Crippen LogP contribution in [-0.4, -0.2) is 5.21 Å². The van der Waals surface area contributed by atoms with Gasteiger partial charge in [-0.2, -0.15) is 0 Å². The van der Waals surface area contributed by atoms with Crippen LogP contribution in [0.15, 0.2) is 30.3 Å². The molecule has 0 atom stereocenters. The van der Waals surface area contributed by atoms with E-state index in [9.17, 15) is 0 Å². The molecule has 0 aliphatic rings. The Morgan fingerprint density at radius 2 is 2.00 bits per heavy atom. The van der Waals surface area contributed by atoms with Crippen LogP contribution in [0.3, 0.4) is 0 Å². The van der Waals surface area contributed by atoms with Gasteiger partial charge in [0.15, 0.2) is 1.41 Å². The van der Waals surface area contributed by atoms with E-state index in [0.29, 0.717) is 11.2 Å². The third-order valence-corrected chi connectivity index (χ3v) is 0.872. The molecule has 0 spiro atoms. The Labute approximate surface area is 49.2 Å². The highest BCUT2D eigenvalue weighted by Crippen LogP contribution is 2.01. The van der Waals surface area contributed by atoms with Crippen LogP contribution in [0.4, 0.5) is 5.69 Å². The van der Waals surface area contributed by atoms with E-state index in [0.717, 1.165) is 0 Å². The molecule has 0 unspecified atom stereocenters. The van der Waals surface area contributed by atoms with Gasteiger partial charge in [0.2, 0.25) is 0 Å². The Hall–Kier alpha value is -1.02. The Balaban J connectivity index is 2.85. The van der Waals surface area contributed by atoms with Crippen LogP contribution < -0.4 is 5.47 Å². The fourth-order valence-electron chi connectivity index (χ4n) is 0.495. The summed E-state index contributed by atoms with van der Waals surface area (Å²) in [5.41, 5.74) is 0.803. The van der Waals surface area contributed by atoms with E-state index in [4.69, 9.17) is 6.62 Å². The number of hydrogen-bond acceptors (Lipinski definition) is 2. The first-order valence-electron chi connectivity index (χ1n) is 2.78. The van der Waals surface area contributed by atoms with Crippen LogP contribution in [0.1, 0.15) is 0 Å². The van der Waals surface area contributed by atoms with Gasteiger partial charge in [-0.05, 0) is 12.1 Å². The van der Waals surface area contributed by atoms with Crippen molar-refractivity contribution in [3.05, 3.63) is 30.3 Å². The molecule has 1 aromatic carbocycles. The van der Waals surface area contributed by atoms with Crippen molar-refractivity contribution in [1.29, 1.82) is 0 Å². The van der Waals surface area contributed by atoms with E-state index < -0.39 is 0 Å². The van der Waals surface area contributed by atoms with Crippen LogP contribution >= 0.6 is 0 Å². The van der Waals surface area contributed by atoms with Gasteiger partial charge in [0.05, 0.1) is 5.69 Å². The lowest BCUT2D eigenvalue weighted by Gasteiger charge is -1.92. The third kappa shape index (κ3) is 0.978. The predicted molar refractivity (Wildman–Crippen MR) is 31.9 cm³/mol. The fraction of sp³-hybridized carbons (Fsp3) is 0. The zero-order chi connectivity index (χ0) is 6.69. The first-order chi connectivity index (χ1) is 4.30. The third-order valence-electron chi connectivity index (χ3n) is 0.872. The van der Waals surface area contributed by atoms with Gasteiger partial charge in [-0.25, -0.2) is 0 Å². The molecule has 1 rings (SSSR count). The average Bonchev–Trinajstić information content (AvgIpc) is 1.90. The van der Waals surface area contributed by atoms with E-state index in [1.807, 2.05) is 6.07 Å². The molecule has 0 radical (unpaired) electrons. The van der Waals surface area contributed by atoms with Crippen molar-refractivity contribution < 1.29 is 6.62 Å². The summed E-state index contributed by atoms with van der Waals surface area (Å²) in [6.45, 7) is 0. The van der Waals surface area contributed by atoms with E-state index in [-0.39, 0.29) is 0 Å². The molecule has 0 aliphatic carbocycles. The highest BCUT2D eigenvalue weighted by atomic mass is 16.5. The first-order valence-corrected chi connectivity index (χ1v) is 2.33. The number of nitrogens with one attached hydrogen (secondary N) is 1. The van der Waals surface area contributed by atoms with Crippen LogP contribution in [0, 0.1) is 0 Å². The Morgan fingerprint density at radius 1 is 1.38 bits per heavy atom. The standard InChI is InChI=1S/C6H7NO/c8-7-6-4-2-1-3-5-6/h1-5,7-8H/i/hD. The number of rotatable bonds is 1. The van der Waals surface area contributed by atoms with Crippen LogP contribution in [0.5, 0.6) is 0 Å². The molecule has 8 heavy (non-hydrogen) atoms. The summed E-state index contributed by atoms with van der Waals surface area (Å²) in [5, 5.41) is 8.52. The maximum atomic E-state index is 8.52. The van der Waals surface area contributed by atoms with Crippen molar-refractivity contribution in [2.24, 2.45) is 0 Å². The minimum absolute atomic E-state index is 0.333. The maximum absolute atomic E-state index is 8.52. The van der Waals surface area contributed by atoms with E-state index >= 15 is 0 Å². The van der Waals surface area contributed by atoms with E-state index in [1.165, 1.54) is 0 Å². The summed E-state index contributed by atoms with van der Waals surface area (Å²) in [7, 11) is 0. The molecule has 0 heterocycles. The van der Waals surface area contributed by atoms with Crippen molar-refractivity contribution in [2.75, 3.05) is 5.47 Å². The molecule has 42 valence electrons. The largest absolute Gasteiger partial charge is 0.291 e. The van der Waals surface area contributed by atoms with Gasteiger partial charge in [0.1, 0.15) is 0 Å². The van der Waals surface area contributed by atoms with Crippen molar-refractivity contribution in [3.8, 4) is 0 Å². The maximum Gasteiger partial charge on any atom is 0.195 e. The Kier molecular flexibility index (Phi) is 1.14. The topological polar surface area (TPSA) is 32.3 Å². The summed E-state index contributed by atoms with van der Waals surface area (Å²) in [5.74, 6) is 0. The van der Waals surface area contributed by atoms with Crippen LogP contribution in [-0.2, 0) is 0 Å². The van der Waals surface area contributed by atoms with Gasteiger partial charge < -0.3 is 0 Å². The number of anilines is 1. The zero-order valence-electron chi connectivity index (χ0n) is 5.28. The zero-order valence-corrected chi connectivity index (χ0v) is 4.28. The Morgan fingerprint density at radius 3 is 2.38 bits per heavy atom. The summed E-state index contributed by atoms with van der Waals surface area (Å²) in [6.07, 6.45) is 0. The highest BCUT2D eigenvalue weighted by molar-refractivity contribution is 5.39. The highest BCUT2D eigenvalue weighted by Gasteiger charge is 1.79. The van der Waals surface area contributed by atoms with E-state index in [1.54, 1.807) is 24.3 Å². The van der Waals surface area contributed by atoms with Gasteiger partial charge in [-0.15, -0.1) is 0 Å². The monoisotopic (exact) mass is 110 g/mol. The smallest absolute Gasteiger partial charge is 0.195 e. The van der Waals surface area contributed by atoms with Gasteiger partial charge >= 0.3 is 0 Å². The molecule has 1 aromatic rings. The number of benzene rings is 1. The quantitative estimate of drug-likeness (QED) is 0.537. The van der Waals surface area contributed by atoms with Crippen LogP contribution in [0.2, 0.25) is 1.41 Å². The molecule has 2 N–H and O–H groups in total. The van der Waals surface area contributed by atoms with Crippen LogP contribution in [0.25, 0.3) is 0 Å². The molecule has 0 fully saturated rings. The van der Waals surface area contributed by atoms with Gasteiger partial charge in [-0.1, -0.05) is 18.2 Å². The lowest BCUT2D eigenvalue weighted by Crippen LogP contribution is -1.85. The predicted octanol–water partition coefficient (Wildman–Crippen LogP) is 1.49. The van der Waals surface area contributed by atoms with Gasteiger partial charge in [0, 0.05) is 0 Å². The molecule has 0 saturated heterocycles. The van der Waals surface area contributed by atoms with Crippen molar-refractivity contribution in [1.82, 2.24) is 0 Å². The number of hydrogen-bond donors (Lipinski definition) is 2. The van der Waals surface area contributed by atoms with E-state index in [2.05, 4.69) is 0 Å². The van der Waals surface area contributed by atoms with Gasteiger partial charge in [0.25, 0.3) is 0 Å². The lowest BCUT2D eigenvalue weighted by molar-refractivity contribution is 0.389. The molecular formula is C6H7NO. The summed E-state index contributed by atoms with van der Waals surface area (Å²) in [4.78, 5) is 0. The second-order valence-corrected chi connectivity index (χ2v) is 1.44. The van der Waals surface area contributed by atoms with Gasteiger partial charge in [-0.3, -0.25) is 10.7 Å². The number of para-hydroxylation sites is 1. The van der Waals surface area contributed by atoms with Crippen molar-refractivity contribution in [2.45, 2.75) is 0 Å². The molecule has 2 heteroatoms. The summed E-state index contributed by atoms with van der Waals surface area (Å²) < 4.78 is 6.71. The first kappa shape index (κ1) is 3.92. The lowest BCUT2D eigenvalue weighted by atomic mass is 10.3. The molecule has 2 nitrogen and oxygen atoms in total. The SMILES string of the molecule is [2H]N(O)c1ccccc1. The summed E-state index contributed by atoms with van der Waals surface area (Å²) >= 11 is 0. The molecule has 0 saturated carbocycles.